The molecule has 1 saturated carbocycles. The molecule has 12 nitrogen and oxygen atoms in total. The summed E-state index contributed by atoms with van der Waals surface area (Å²) in [5.41, 5.74) is 5.30. The number of carbonyl (C=O) groups is 6. The number of hydrogen-bond acceptors (Lipinski definition) is 7. The first-order valence-corrected chi connectivity index (χ1v) is 18.0. The van der Waals surface area contributed by atoms with Crippen LogP contribution in [0.2, 0.25) is 5.02 Å². The predicted molar refractivity (Wildman–Crippen MR) is 203 cm³/mol. The summed E-state index contributed by atoms with van der Waals surface area (Å²) in [4.78, 5) is 79.7. The van der Waals surface area contributed by atoms with Gasteiger partial charge in [0, 0.05) is 29.6 Å². The number of Topliss-reactive ketones (excluding diaryl/α,β-unsaturated/α-hetero) is 1. The molecule has 4 aromatic rings. The van der Waals surface area contributed by atoms with Crippen molar-refractivity contribution in [2.75, 3.05) is 26.7 Å². The number of phenols is 1. The monoisotopic (exact) mass is 749 g/mol. The summed E-state index contributed by atoms with van der Waals surface area (Å²) in [6.07, 6.45) is 1.94. The van der Waals surface area contributed by atoms with Crippen molar-refractivity contribution in [2.24, 2.45) is 0 Å². The molecule has 4 bridgehead atoms. The van der Waals surface area contributed by atoms with Crippen molar-refractivity contribution in [1.29, 1.82) is 0 Å². The van der Waals surface area contributed by atoms with E-state index in [2.05, 4.69) is 21.3 Å². The van der Waals surface area contributed by atoms with Gasteiger partial charge >= 0.3 is 0 Å². The zero-order chi connectivity index (χ0) is 38.5. The van der Waals surface area contributed by atoms with Crippen molar-refractivity contribution in [3.8, 4) is 28.0 Å². The van der Waals surface area contributed by atoms with Gasteiger partial charge in [-0.05, 0) is 102 Å². The zero-order valence-corrected chi connectivity index (χ0v) is 30.5. The number of halogens is 1. The molecule has 5 amide bonds. The van der Waals surface area contributed by atoms with E-state index in [1.807, 2.05) is 18.2 Å². The second-order valence-corrected chi connectivity index (χ2v) is 14.0. The fraction of sp³-hybridized carbons (Fsp3) is 0.268. The molecule has 0 aromatic heterocycles. The molecule has 0 saturated heterocycles. The van der Waals surface area contributed by atoms with Crippen LogP contribution in [0.4, 0.5) is 0 Å². The van der Waals surface area contributed by atoms with E-state index in [0.29, 0.717) is 32.8 Å². The number of likely N-dealkylation sites (N-methyl/N-ethyl adjacent to an activating group) is 1. The van der Waals surface area contributed by atoms with Gasteiger partial charge < -0.3 is 31.3 Å². The van der Waals surface area contributed by atoms with E-state index in [9.17, 15) is 33.9 Å². The number of carbonyl (C=O) groups excluding carboxylic acids is 6. The van der Waals surface area contributed by atoms with Gasteiger partial charge in [0.2, 0.25) is 23.6 Å². The van der Waals surface area contributed by atoms with Crippen LogP contribution >= 0.6 is 11.6 Å². The van der Waals surface area contributed by atoms with E-state index in [1.54, 1.807) is 60.7 Å². The lowest BCUT2D eigenvalue weighted by Crippen LogP contribution is -2.52. The number of phenolic OH excluding ortho intramolecular Hbond substituents is 1. The Kier molecular flexibility index (Phi) is 11.4. The molecule has 2 unspecified atom stereocenters. The van der Waals surface area contributed by atoms with Crippen molar-refractivity contribution < 1.29 is 33.9 Å². The highest BCUT2D eigenvalue weighted by atomic mass is 35.5. The average Bonchev–Trinajstić information content (AvgIpc) is 4.01. The molecule has 13 heteroatoms. The van der Waals surface area contributed by atoms with Gasteiger partial charge in [-0.25, -0.2) is 0 Å². The molecular weight excluding hydrogens is 710 g/mol. The number of hydrogen-bond donors (Lipinski definition) is 5. The van der Waals surface area contributed by atoms with Crippen LogP contribution in [0.1, 0.15) is 58.8 Å². The Labute approximate surface area is 317 Å². The van der Waals surface area contributed by atoms with Gasteiger partial charge in [0.1, 0.15) is 23.6 Å². The van der Waals surface area contributed by atoms with Gasteiger partial charge in [0.05, 0.1) is 19.6 Å². The molecule has 1 aliphatic carbocycles. The summed E-state index contributed by atoms with van der Waals surface area (Å²) in [5, 5.41) is 22.1. The number of aromatic hydroxyl groups is 1. The molecule has 4 aromatic carbocycles. The van der Waals surface area contributed by atoms with Gasteiger partial charge in [-0.2, -0.15) is 0 Å². The molecular formula is C41H40ClN5O7. The van der Waals surface area contributed by atoms with Crippen LogP contribution in [-0.4, -0.2) is 78.0 Å². The minimum atomic E-state index is -1.24. The third-order valence-electron chi connectivity index (χ3n) is 9.54. The maximum Gasteiger partial charge on any atom is 0.251 e. The van der Waals surface area contributed by atoms with Crippen LogP contribution in [-0.2, 0) is 30.4 Å². The normalized spacial score (nSPS) is 16.9. The fourth-order valence-electron chi connectivity index (χ4n) is 6.48. The molecule has 5 N–H and O–H groups in total. The van der Waals surface area contributed by atoms with Crippen molar-refractivity contribution in [2.45, 2.75) is 44.2 Å². The molecule has 1 aliphatic heterocycles. The van der Waals surface area contributed by atoms with Crippen molar-refractivity contribution in [1.82, 2.24) is 26.2 Å². The second kappa shape index (κ2) is 16.3. The number of fused-ring (bicyclic) bond motifs is 5. The Morgan fingerprint density at radius 1 is 0.852 bits per heavy atom. The molecule has 54 heavy (non-hydrogen) atoms. The second-order valence-electron chi connectivity index (χ2n) is 13.6. The Bertz CT molecular complexity index is 2120. The molecule has 0 spiro atoms. The highest BCUT2D eigenvalue weighted by molar-refractivity contribution is 6.30. The lowest BCUT2D eigenvalue weighted by atomic mass is 9.90. The number of amides is 5. The Morgan fingerprint density at radius 2 is 1.54 bits per heavy atom. The topological polar surface area (TPSA) is 174 Å². The smallest absolute Gasteiger partial charge is 0.251 e. The number of rotatable bonds is 9. The predicted octanol–water partition coefficient (Wildman–Crippen LogP) is 4.05. The molecule has 1 fully saturated rings. The minimum absolute atomic E-state index is 0.0270. The summed E-state index contributed by atoms with van der Waals surface area (Å²) >= 11 is 6.00. The number of nitrogens with zero attached hydrogens (tertiary/aromatic N) is 1. The maximum absolute atomic E-state index is 13.9. The van der Waals surface area contributed by atoms with E-state index in [-0.39, 0.29) is 30.4 Å². The van der Waals surface area contributed by atoms with Crippen molar-refractivity contribution in [3.05, 3.63) is 112 Å². The molecule has 6 rings (SSSR count). The van der Waals surface area contributed by atoms with Crippen LogP contribution in [0, 0.1) is 0 Å². The first-order chi connectivity index (χ1) is 25.9. The third kappa shape index (κ3) is 8.95. The van der Waals surface area contributed by atoms with Crippen molar-refractivity contribution >= 4 is 46.9 Å². The lowest BCUT2D eigenvalue weighted by molar-refractivity contribution is -0.139. The summed E-state index contributed by atoms with van der Waals surface area (Å²) in [7, 11) is 1.44. The fourth-order valence-corrected chi connectivity index (χ4v) is 6.60. The number of benzene rings is 4. The van der Waals surface area contributed by atoms with E-state index in [4.69, 9.17) is 11.6 Å². The summed E-state index contributed by atoms with van der Waals surface area (Å²) in [6, 6.07) is 22.2. The Balaban J connectivity index is 1.27. The largest absolute Gasteiger partial charge is 0.507 e. The molecule has 1 heterocycles. The van der Waals surface area contributed by atoms with Gasteiger partial charge in [-0.3, -0.25) is 28.8 Å². The van der Waals surface area contributed by atoms with Crippen LogP contribution in [0.15, 0.2) is 84.9 Å². The Morgan fingerprint density at radius 3 is 2.20 bits per heavy atom. The van der Waals surface area contributed by atoms with Gasteiger partial charge in [-0.15, -0.1) is 0 Å². The van der Waals surface area contributed by atoms with Crippen LogP contribution in [0.5, 0.6) is 5.75 Å². The van der Waals surface area contributed by atoms with E-state index in [1.165, 1.54) is 24.9 Å². The van der Waals surface area contributed by atoms with Gasteiger partial charge in [-0.1, -0.05) is 54.1 Å². The van der Waals surface area contributed by atoms with Gasteiger partial charge in [0.15, 0.2) is 0 Å². The quantitative estimate of drug-likeness (QED) is 0.172. The third-order valence-corrected chi connectivity index (χ3v) is 9.79. The van der Waals surface area contributed by atoms with Gasteiger partial charge in [0.25, 0.3) is 5.91 Å². The molecule has 2 atom stereocenters. The van der Waals surface area contributed by atoms with Crippen LogP contribution in [0.3, 0.4) is 0 Å². The molecule has 0 radical (unpaired) electrons. The SMILES string of the molecule is CC(=O)CNC(=O)C1Cc2ccc(O)c(c2)-c2cc(ccc2C2CC2)C(N(C)C(=O)CNC(=O)c2ccc(-c3ccc(Cl)cc3)cc2)C(=O)NCC(=O)N1. The summed E-state index contributed by atoms with van der Waals surface area (Å²) in [6.45, 7) is 0.170. The van der Waals surface area contributed by atoms with E-state index < -0.39 is 54.7 Å². The number of nitrogens with one attached hydrogen (secondary N) is 4. The van der Waals surface area contributed by atoms with E-state index >= 15 is 0 Å². The molecule has 278 valence electrons. The highest BCUT2D eigenvalue weighted by Crippen LogP contribution is 2.47. The highest BCUT2D eigenvalue weighted by Gasteiger charge is 2.33. The van der Waals surface area contributed by atoms with Crippen molar-refractivity contribution in [3.63, 3.8) is 0 Å². The zero-order valence-electron chi connectivity index (χ0n) is 29.8. The van der Waals surface area contributed by atoms with E-state index in [0.717, 1.165) is 29.5 Å². The first kappa shape index (κ1) is 37.7. The van der Waals surface area contributed by atoms with Crippen LogP contribution < -0.4 is 21.3 Å². The minimum Gasteiger partial charge on any atom is -0.507 e. The standard InChI is InChI=1S/C41H40ClN5O7/c1-23(48)20-43-40(53)34-18-24-3-16-35(49)33(17-24)32-19-29(12-15-31(32)27-6-7-27)38(41(54)44-21-36(50)46-34)47(2)37(51)22-45-39(52)28-8-4-25(5-9-28)26-10-13-30(42)14-11-26/h3-5,8-17,19,27,34,38,49H,6-7,18,20-22H2,1-2H3,(H,43,53)(H,44,54)(H,45,52)(H,46,50). The lowest BCUT2D eigenvalue weighted by Gasteiger charge is -2.29. The molecule has 2 aliphatic rings. The number of ketones is 1. The maximum atomic E-state index is 13.9. The first-order valence-electron chi connectivity index (χ1n) is 17.6. The summed E-state index contributed by atoms with van der Waals surface area (Å²) in [5.74, 6) is -3.06. The van der Waals surface area contributed by atoms with Crippen LogP contribution in [0.25, 0.3) is 22.3 Å². The summed E-state index contributed by atoms with van der Waals surface area (Å²) < 4.78 is 0. The average molecular weight is 750 g/mol. The Hall–Kier alpha value is -6.01.